The molecular weight excluding hydrogens is 1460 g/mol. The average Bonchev–Trinajstić information content (AvgIpc) is 1.55. The first kappa shape index (κ1) is 76.3. The Balaban J connectivity index is 0.000000179. The van der Waals surface area contributed by atoms with E-state index in [0.29, 0.717) is 61.2 Å². The molecule has 0 aliphatic carbocycles. The van der Waals surface area contributed by atoms with Crippen molar-refractivity contribution < 1.29 is 56.1 Å². The van der Waals surface area contributed by atoms with Gasteiger partial charge in [-0.25, -0.2) is 13.2 Å². The highest BCUT2D eigenvalue weighted by molar-refractivity contribution is 6.34. The fourth-order valence-electron chi connectivity index (χ4n) is 9.98. The van der Waals surface area contributed by atoms with Crippen LogP contribution in [0.25, 0.3) is 0 Å². The SMILES string of the molecule is COc1cc(Cl)cc(C(=O)Nc2ccc(Cl)cc2)c1NC(=O)c1ccc(C(=N)N(C)C)cc1F.COc1cc(Cl)cc(C(=O)Nc2ccc(Cl)cc2)c1NC(=O)c1ccc(C(=N)N2CC2)cc1F.COc1cc(Cl)cc(C(=O)Nc2ccc(Cl)cc2)c1NC(=O)c1ccc(C2=NCCN2C)cc1F. The average molecular weight is 1520 g/mol. The number of hydrogen-bond donors (Lipinski definition) is 8. The van der Waals surface area contributed by atoms with Crippen LogP contribution >= 0.6 is 69.6 Å². The van der Waals surface area contributed by atoms with E-state index >= 15 is 0 Å². The van der Waals surface area contributed by atoms with Gasteiger partial charge < -0.3 is 60.8 Å². The van der Waals surface area contributed by atoms with Crippen LogP contribution in [-0.4, -0.2) is 136 Å². The van der Waals surface area contributed by atoms with Gasteiger partial charge in [0.25, 0.3) is 35.4 Å². The molecule has 11 rings (SSSR count). The Morgan fingerprint density at radius 1 is 0.417 bits per heavy atom. The molecule has 21 nitrogen and oxygen atoms in total. The summed E-state index contributed by atoms with van der Waals surface area (Å²) in [5, 5.41) is 34.0. The van der Waals surface area contributed by atoms with Gasteiger partial charge in [0.15, 0.2) is 0 Å². The molecule has 1 fully saturated rings. The van der Waals surface area contributed by atoms with E-state index in [0.717, 1.165) is 31.8 Å². The number of aliphatic imine (C=N–C) groups is 1. The summed E-state index contributed by atoms with van der Waals surface area (Å²) in [7, 11) is 9.26. The van der Waals surface area contributed by atoms with Crippen LogP contribution in [0.1, 0.15) is 78.8 Å². The maximum atomic E-state index is 14.9. The summed E-state index contributed by atoms with van der Waals surface area (Å²) < 4.78 is 60.4. The lowest BCUT2D eigenvalue weighted by atomic mass is 10.1. The van der Waals surface area contributed by atoms with Crippen LogP contribution in [0.15, 0.2) is 169 Å². The molecule has 0 spiro atoms. The Morgan fingerprint density at radius 2 is 0.748 bits per heavy atom. The standard InChI is InChI=1S/C25H21Cl2FN4O3.C24H19Cl2FN4O3.C24H21Cl2FN4O3/c1-32-10-9-29-23(32)14-3-8-18(20(28)11-14)24(33)31-22-19(12-16(27)13-21(22)35-2)25(34)30-17-6-4-15(26)5-7-17;1-34-20-12-15(26)11-18(24(33)29-16-5-3-14(25)4-6-16)21(20)30-23(32)17-7-2-13(10-19(17)27)22(28)31-8-9-31;1-31(2)22(28)13-4-9-17(19(27)10-13)23(32)30-21-18(11-15(26)12-20(21)34-3)24(33)29-16-7-5-14(25)6-8-16/h3-8,11-13H,9-10H2,1-2H3,(H,30,34)(H,31,33);2-7,10-12,28H,8-9H2,1H3,(H,29,33)(H,30,32);4-12,28H,1-3H3,(H,29,33)(H,30,32). The number of benzene rings is 9. The molecule has 6 amide bonds. The number of likely N-dealkylation sites (N-methyl/N-ethyl adjacent to an activating group) is 1. The van der Waals surface area contributed by atoms with E-state index in [4.69, 9.17) is 94.6 Å². The summed E-state index contributed by atoms with van der Waals surface area (Å²) in [6.45, 7) is 2.88. The lowest BCUT2D eigenvalue weighted by Crippen LogP contribution is -2.24. The summed E-state index contributed by atoms with van der Waals surface area (Å²) >= 11 is 36.1. The molecule has 0 atom stereocenters. The summed E-state index contributed by atoms with van der Waals surface area (Å²) in [5.41, 5.74) is 2.15. The first-order valence-corrected chi connectivity index (χ1v) is 32.9. The van der Waals surface area contributed by atoms with Gasteiger partial charge in [0.2, 0.25) is 0 Å². The fraction of sp³-hybridized carbons (Fsp3) is 0.137. The lowest BCUT2D eigenvalue weighted by molar-refractivity contribution is 0.100. The molecular formula is C73H61Cl6F3N12O9. The Hall–Kier alpha value is -10.9. The minimum absolute atomic E-state index is 0.0130. The molecule has 2 aliphatic rings. The third-order valence-corrected chi connectivity index (χ3v) is 16.7. The summed E-state index contributed by atoms with van der Waals surface area (Å²) in [6, 6.07) is 39.9. The zero-order chi connectivity index (χ0) is 74.5. The Labute approximate surface area is 618 Å². The minimum Gasteiger partial charge on any atom is -0.494 e. The number of hydrogen-bond acceptors (Lipinski definition) is 13. The van der Waals surface area contributed by atoms with Crippen molar-refractivity contribution >= 4 is 157 Å². The Bertz CT molecular complexity index is 4650. The van der Waals surface area contributed by atoms with Gasteiger partial charge in [0, 0.05) is 123 Å². The fourth-order valence-corrected chi connectivity index (χ4v) is 11.0. The second-order valence-corrected chi connectivity index (χ2v) is 25.2. The van der Waals surface area contributed by atoms with Crippen molar-refractivity contribution in [1.29, 1.82) is 10.8 Å². The zero-order valence-electron chi connectivity index (χ0n) is 55.3. The number of methoxy groups -OCH3 is 3. The highest BCUT2D eigenvalue weighted by Gasteiger charge is 2.28. The van der Waals surface area contributed by atoms with Crippen molar-refractivity contribution in [2.75, 3.05) is 101 Å². The molecule has 0 aromatic heterocycles. The van der Waals surface area contributed by atoms with Crippen LogP contribution in [0.3, 0.4) is 0 Å². The molecule has 30 heteroatoms. The second-order valence-electron chi connectivity index (χ2n) is 22.6. The third-order valence-electron chi connectivity index (χ3n) is 15.3. The normalized spacial score (nSPS) is 11.8. The van der Waals surface area contributed by atoms with Gasteiger partial charge in [0.05, 0.1) is 78.3 Å². The van der Waals surface area contributed by atoms with Crippen molar-refractivity contribution in [3.63, 3.8) is 0 Å². The van der Waals surface area contributed by atoms with E-state index in [2.05, 4.69) is 36.9 Å². The Kier molecular flexibility index (Phi) is 25.3. The number of anilines is 6. The Morgan fingerprint density at radius 3 is 1.06 bits per heavy atom. The smallest absolute Gasteiger partial charge is 0.258 e. The molecule has 530 valence electrons. The number of rotatable bonds is 18. The van der Waals surface area contributed by atoms with Gasteiger partial charge in [-0.1, -0.05) is 87.8 Å². The highest BCUT2D eigenvalue weighted by Crippen LogP contribution is 2.38. The predicted molar refractivity (Wildman–Crippen MR) is 398 cm³/mol. The highest BCUT2D eigenvalue weighted by atomic mass is 35.5. The number of amides is 6. The van der Waals surface area contributed by atoms with Gasteiger partial charge in [-0.15, -0.1) is 0 Å². The number of amidine groups is 3. The van der Waals surface area contributed by atoms with Crippen LogP contribution in [0.5, 0.6) is 17.2 Å². The number of ether oxygens (including phenoxy) is 3. The van der Waals surface area contributed by atoms with E-state index in [1.807, 2.05) is 11.9 Å². The van der Waals surface area contributed by atoms with Crippen LogP contribution in [0.2, 0.25) is 30.1 Å². The summed E-state index contributed by atoms with van der Waals surface area (Å²) in [4.78, 5) is 87.5. The largest absolute Gasteiger partial charge is 0.494 e. The monoisotopic (exact) mass is 1520 g/mol. The first-order valence-electron chi connectivity index (χ1n) is 30.7. The molecule has 9 aromatic carbocycles. The van der Waals surface area contributed by atoms with Gasteiger partial charge in [0.1, 0.15) is 52.2 Å². The number of carbonyl (C=O) groups excluding carboxylic acids is 6. The lowest BCUT2D eigenvalue weighted by Gasteiger charge is -2.17. The maximum Gasteiger partial charge on any atom is 0.258 e. The number of carbonyl (C=O) groups is 6. The van der Waals surface area contributed by atoms with Crippen molar-refractivity contribution in [3.8, 4) is 17.2 Å². The van der Waals surface area contributed by atoms with Crippen molar-refractivity contribution in [2.45, 2.75) is 0 Å². The van der Waals surface area contributed by atoms with Crippen LogP contribution < -0.4 is 46.1 Å². The molecule has 1 saturated heterocycles. The van der Waals surface area contributed by atoms with Gasteiger partial charge in [-0.05, 0) is 127 Å². The molecule has 2 heterocycles. The van der Waals surface area contributed by atoms with Crippen molar-refractivity contribution in [2.24, 2.45) is 4.99 Å². The molecule has 9 aromatic rings. The molecule has 0 saturated carbocycles. The van der Waals surface area contributed by atoms with E-state index in [1.165, 1.54) is 99.0 Å². The van der Waals surface area contributed by atoms with Crippen molar-refractivity contribution in [1.82, 2.24) is 14.7 Å². The minimum atomic E-state index is -0.818. The van der Waals surface area contributed by atoms with Gasteiger partial charge in [-0.2, -0.15) is 0 Å². The van der Waals surface area contributed by atoms with Crippen LogP contribution in [-0.2, 0) is 0 Å². The predicted octanol–water partition coefficient (Wildman–Crippen LogP) is 16.2. The van der Waals surface area contributed by atoms with E-state index < -0.39 is 52.9 Å². The van der Waals surface area contributed by atoms with E-state index in [-0.39, 0.29) is 94.4 Å². The quantitative estimate of drug-likeness (QED) is 0.0226. The van der Waals surface area contributed by atoms with E-state index in [9.17, 15) is 41.9 Å². The van der Waals surface area contributed by atoms with E-state index in [1.54, 1.807) is 97.9 Å². The van der Waals surface area contributed by atoms with Crippen LogP contribution in [0, 0.1) is 28.3 Å². The topological polar surface area (TPSA) is 272 Å². The summed E-state index contributed by atoms with van der Waals surface area (Å²) in [5.74, 6) is -5.03. The van der Waals surface area contributed by atoms with Gasteiger partial charge >= 0.3 is 0 Å². The number of halogens is 9. The first-order chi connectivity index (χ1) is 49.1. The molecule has 0 bridgehead atoms. The van der Waals surface area contributed by atoms with Gasteiger partial charge in [-0.3, -0.25) is 44.6 Å². The zero-order valence-corrected chi connectivity index (χ0v) is 59.8. The number of nitrogens with one attached hydrogen (secondary N) is 8. The number of nitrogens with zero attached hydrogens (tertiary/aromatic N) is 4. The molecule has 0 unspecified atom stereocenters. The third kappa shape index (κ3) is 19.4. The van der Waals surface area contributed by atoms with Crippen LogP contribution in [0.4, 0.5) is 47.3 Å². The maximum absolute atomic E-state index is 14.9. The second kappa shape index (κ2) is 34.2. The van der Waals surface area contributed by atoms with Crippen molar-refractivity contribution in [3.05, 3.63) is 261 Å². The molecule has 2 aliphatic heterocycles. The molecule has 0 radical (unpaired) electrons. The molecule has 8 N–H and O–H groups in total. The summed E-state index contributed by atoms with van der Waals surface area (Å²) in [6.07, 6.45) is 0. The molecule has 103 heavy (non-hydrogen) atoms.